The first kappa shape index (κ1) is 16.1. The van der Waals surface area contributed by atoms with E-state index in [1.807, 2.05) is 0 Å². The molecule has 21 heavy (non-hydrogen) atoms. The normalized spacial score (nSPS) is 18.1. The van der Waals surface area contributed by atoms with Gasteiger partial charge < -0.3 is 11.1 Å². The molecule has 1 fully saturated rings. The Morgan fingerprint density at radius 2 is 1.90 bits per heavy atom. The monoisotopic (exact) mass is 311 g/mol. The molecule has 1 saturated carbocycles. The van der Waals surface area contributed by atoms with E-state index in [-0.39, 0.29) is 10.3 Å². The number of benzene rings is 1. The van der Waals surface area contributed by atoms with E-state index in [2.05, 4.69) is 12.2 Å². The van der Waals surface area contributed by atoms with Crippen molar-refractivity contribution in [2.45, 2.75) is 37.5 Å². The third-order valence-corrected chi connectivity index (χ3v) is 6.13. The van der Waals surface area contributed by atoms with Gasteiger partial charge >= 0.3 is 0 Å². The summed E-state index contributed by atoms with van der Waals surface area (Å²) in [6.07, 6.45) is 4.94. The second kappa shape index (κ2) is 5.85. The number of nitrogens with two attached hydrogens (primary N) is 1. The zero-order valence-corrected chi connectivity index (χ0v) is 13.8. The highest BCUT2D eigenvalue weighted by atomic mass is 32.2. The fourth-order valence-corrected chi connectivity index (χ4v) is 3.70. The van der Waals surface area contributed by atoms with E-state index in [0.717, 1.165) is 6.54 Å². The van der Waals surface area contributed by atoms with Crippen LogP contribution in [0.25, 0.3) is 0 Å². The highest BCUT2D eigenvalue weighted by Gasteiger charge is 2.28. The summed E-state index contributed by atoms with van der Waals surface area (Å²) >= 11 is 0. The van der Waals surface area contributed by atoms with E-state index in [1.54, 1.807) is 18.2 Å². The van der Waals surface area contributed by atoms with E-state index in [0.29, 0.717) is 11.4 Å². The maximum absolute atomic E-state index is 12.2. The fraction of sp³-hybridized carbons (Fsp3) is 0.600. The van der Waals surface area contributed by atoms with E-state index < -0.39 is 10.0 Å². The molecule has 3 N–H and O–H groups in total. The van der Waals surface area contributed by atoms with Gasteiger partial charge in [0.25, 0.3) is 0 Å². The van der Waals surface area contributed by atoms with Crippen LogP contribution in [0.3, 0.4) is 0 Å². The Kier molecular flexibility index (Phi) is 4.49. The second-order valence-corrected chi connectivity index (χ2v) is 8.56. The van der Waals surface area contributed by atoms with Crippen LogP contribution < -0.4 is 11.1 Å². The first-order valence-corrected chi connectivity index (χ1v) is 8.75. The minimum Gasteiger partial charge on any atom is -0.397 e. The Hall–Kier alpha value is -1.27. The lowest BCUT2D eigenvalue weighted by Gasteiger charge is -2.25. The van der Waals surface area contributed by atoms with Gasteiger partial charge in [-0.3, -0.25) is 0 Å². The van der Waals surface area contributed by atoms with Gasteiger partial charge in [-0.25, -0.2) is 12.7 Å². The fourth-order valence-electron chi connectivity index (χ4n) is 2.77. The van der Waals surface area contributed by atoms with Crippen molar-refractivity contribution in [1.82, 2.24) is 4.31 Å². The maximum atomic E-state index is 12.2. The SMILES string of the molecule is CN(C)S(=O)(=O)c1ccc(N)c(NCC2(C)CCCC2)c1. The largest absolute Gasteiger partial charge is 0.397 e. The number of hydrogen-bond donors (Lipinski definition) is 2. The van der Waals surface area contributed by atoms with Crippen LogP contribution in [0.2, 0.25) is 0 Å². The molecular weight excluding hydrogens is 286 g/mol. The van der Waals surface area contributed by atoms with E-state index in [4.69, 9.17) is 5.73 Å². The molecule has 0 bridgehead atoms. The van der Waals surface area contributed by atoms with E-state index in [9.17, 15) is 8.42 Å². The summed E-state index contributed by atoms with van der Waals surface area (Å²) in [4.78, 5) is 0.265. The van der Waals surface area contributed by atoms with Crippen molar-refractivity contribution in [3.63, 3.8) is 0 Å². The Morgan fingerprint density at radius 1 is 1.29 bits per heavy atom. The summed E-state index contributed by atoms with van der Waals surface area (Å²) in [5.41, 5.74) is 7.52. The lowest BCUT2D eigenvalue weighted by Crippen LogP contribution is -2.24. The number of rotatable bonds is 5. The average Bonchev–Trinajstić information content (AvgIpc) is 2.85. The van der Waals surface area contributed by atoms with Crippen LogP contribution in [0.1, 0.15) is 32.6 Å². The van der Waals surface area contributed by atoms with Crippen LogP contribution in [-0.2, 0) is 10.0 Å². The smallest absolute Gasteiger partial charge is 0.242 e. The van der Waals surface area contributed by atoms with Crippen LogP contribution in [0.4, 0.5) is 11.4 Å². The molecule has 0 amide bonds. The zero-order valence-electron chi connectivity index (χ0n) is 13.0. The van der Waals surface area contributed by atoms with Crippen LogP contribution in [0.15, 0.2) is 23.1 Å². The summed E-state index contributed by atoms with van der Waals surface area (Å²) in [5.74, 6) is 0. The quantitative estimate of drug-likeness (QED) is 0.819. The van der Waals surface area contributed by atoms with Gasteiger partial charge in [-0.2, -0.15) is 0 Å². The Morgan fingerprint density at radius 3 is 2.48 bits per heavy atom. The van der Waals surface area contributed by atoms with Crippen LogP contribution in [0.5, 0.6) is 0 Å². The number of nitrogens with one attached hydrogen (secondary N) is 1. The predicted octanol–water partition coefficient (Wildman–Crippen LogP) is 2.51. The van der Waals surface area contributed by atoms with Gasteiger partial charge in [0, 0.05) is 20.6 Å². The molecule has 0 spiro atoms. The summed E-state index contributed by atoms with van der Waals surface area (Å²) in [6.45, 7) is 3.09. The molecular formula is C15H25N3O2S. The van der Waals surface area contributed by atoms with Crippen LogP contribution >= 0.6 is 0 Å². The lowest BCUT2D eigenvalue weighted by atomic mass is 9.89. The highest BCUT2D eigenvalue weighted by molar-refractivity contribution is 7.89. The molecule has 5 nitrogen and oxygen atoms in total. The maximum Gasteiger partial charge on any atom is 0.242 e. The minimum atomic E-state index is -3.43. The van der Waals surface area contributed by atoms with Crippen molar-refractivity contribution < 1.29 is 8.42 Å². The van der Waals surface area contributed by atoms with E-state index >= 15 is 0 Å². The molecule has 1 aromatic carbocycles. The standard InChI is InChI=1S/C15H25N3O2S/c1-15(8-4-5-9-15)11-17-14-10-12(6-7-13(14)16)21(19,20)18(2)3/h6-7,10,17H,4-5,8-9,11,16H2,1-3H3. The molecule has 0 unspecified atom stereocenters. The predicted molar refractivity (Wildman–Crippen MR) is 86.8 cm³/mol. The van der Waals surface area contributed by atoms with Gasteiger partial charge in [-0.1, -0.05) is 19.8 Å². The van der Waals surface area contributed by atoms with Crippen molar-refractivity contribution in [2.24, 2.45) is 5.41 Å². The molecule has 1 aliphatic rings. The summed E-state index contributed by atoms with van der Waals surface area (Å²) in [6, 6.07) is 4.83. The lowest BCUT2D eigenvalue weighted by molar-refractivity contribution is 0.362. The summed E-state index contributed by atoms with van der Waals surface area (Å²) < 4.78 is 25.6. The summed E-state index contributed by atoms with van der Waals surface area (Å²) in [7, 11) is -0.379. The van der Waals surface area contributed by atoms with Crippen LogP contribution in [-0.4, -0.2) is 33.4 Å². The first-order valence-electron chi connectivity index (χ1n) is 7.31. The number of anilines is 2. The Bertz CT molecular complexity index is 605. The van der Waals surface area contributed by atoms with E-state index in [1.165, 1.54) is 44.1 Å². The molecule has 118 valence electrons. The molecule has 1 aromatic rings. The number of nitrogen functional groups attached to an aromatic ring is 1. The average molecular weight is 311 g/mol. The van der Waals surface area contributed by atoms with Gasteiger partial charge in [-0.05, 0) is 36.5 Å². The zero-order chi connectivity index (χ0) is 15.7. The van der Waals surface area contributed by atoms with Gasteiger partial charge in [0.05, 0.1) is 16.3 Å². The molecule has 0 radical (unpaired) electrons. The molecule has 1 aliphatic carbocycles. The van der Waals surface area contributed by atoms with Crippen molar-refractivity contribution in [3.05, 3.63) is 18.2 Å². The molecule has 0 aromatic heterocycles. The minimum absolute atomic E-state index is 0.265. The van der Waals surface area contributed by atoms with Gasteiger partial charge in [0.1, 0.15) is 0 Å². The van der Waals surface area contributed by atoms with Crippen molar-refractivity contribution in [2.75, 3.05) is 31.7 Å². The van der Waals surface area contributed by atoms with Crippen molar-refractivity contribution in [3.8, 4) is 0 Å². The van der Waals surface area contributed by atoms with Gasteiger partial charge in [0.2, 0.25) is 10.0 Å². The molecule has 0 heterocycles. The Balaban J connectivity index is 2.20. The topological polar surface area (TPSA) is 75.4 Å². The second-order valence-electron chi connectivity index (χ2n) is 6.41. The molecule has 0 saturated heterocycles. The van der Waals surface area contributed by atoms with Crippen LogP contribution in [0, 0.1) is 5.41 Å². The van der Waals surface area contributed by atoms with Gasteiger partial charge in [0.15, 0.2) is 0 Å². The molecule has 0 atom stereocenters. The third-order valence-electron chi connectivity index (χ3n) is 4.32. The van der Waals surface area contributed by atoms with Gasteiger partial charge in [-0.15, -0.1) is 0 Å². The molecule has 2 rings (SSSR count). The molecule has 6 heteroatoms. The molecule has 0 aliphatic heterocycles. The first-order chi connectivity index (χ1) is 9.74. The summed E-state index contributed by atoms with van der Waals surface area (Å²) in [5, 5.41) is 3.34. The Labute approximate surface area is 127 Å². The number of sulfonamides is 1. The number of nitrogens with zero attached hydrogens (tertiary/aromatic N) is 1. The highest BCUT2D eigenvalue weighted by Crippen LogP contribution is 2.38. The van der Waals surface area contributed by atoms with Crippen molar-refractivity contribution >= 4 is 21.4 Å². The van der Waals surface area contributed by atoms with Crippen molar-refractivity contribution in [1.29, 1.82) is 0 Å². The third kappa shape index (κ3) is 3.49. The number of hydrogen-bond acceptors (Lipinski definition) is 4.